The van der Waals surface area contributed by atoms with Crippen LogP contribution in [0.1, 0.15) is 38.7 Å². The fraction of sp³-hybridized carbons (Fsp3) is 0.400. The van der Waals surface area contributed by atoms with Gasteiger partial charge in [-0.1, -0.05) is 38.5 Å². The fourth-order valence-corrected chi connectivity index (χ4v) is 2.20. The molecule has 0 aliphatic rings. The first-order valence-corrected chi connectivity index (χ1v) is 8.50. The molecule has 2 aromatic rings. The quantitative estimate of drug-likeness (QED) is 0.606. The lowest BCUT2D eigenvalue weighted by Gasteiger charge is -2.11. The van der Waals surface area contributed by atoms with Crippen molar-refractivity contribution in [3.8, 4) is 11.5 Å². The van der Waals surface area contributed by atoms with Crippen molar-refractivity contribution in [3.63, 3.8) is 0 Å². The third-order valence-electron chi connectivity index (χ3n) is 3.47. The Kier molecular flexibility index (Phi) is 7.31. The molecule has 0 bridgehead atoms. The summed E-state index contributed by atoms with van der Waals surface area (Å²) in [4.78, 5) is 0. The molecule has 23 heavy (non-hydrogen) atoms. The van der Waals surface area contributed by atoms with Gasteiger partial charge in [-0.25, -0.2) is 0 Å². The zero-order valence-electron chi connectivity index (χ0n) is 14.2. The summed E-state index contributed by atoms with van der Waals surface area (Å²) in [6.45, 7) is 6.58. The molecule has 0 aliphatic heterocycles. The van der Waals surface area contributed by atoms with Gasteiger partial charge in [0.25, 0.3) is 0 Å². The lowest BCUT2D eigenvalue weighted by Crippen LogP contribution is -2.02. The van der Waals surface area contributed by atoms with E-state index in [0.717, 1.165) is 56.2 Å². The Morgan fingerprint density at radius 1 is 0.826 bits per heavy atom. The largest absolute Gasteiger partial charge is 0.494 e. The van der Waals surface area contributed by atoms with Crippen LogP contribution in [0.25, 0.3) is 0 Å². The topological polar surface area (TPSA) is 30.5 Å². The standard InChI is InChI=1S/C20H27NO2/c1-3-5-13-23-19-10-6-8-17(14-19)16-21-18-9-7-11-20(15-18)22-12-4-2/h6-11,14-15,21H,3-5,12-13,16H2,1-2H3. The second-order valence-corrected chi connectivity index (χ2v) is 5.58. The highest BCUT2D eigenvalue weighted by atomic mass is 16.5. The van der Waals surface area contributed by atoms with Crippen molar-refractivity contribution in [2.45, 2.75) is 39.7 Å². The van der Waals surface area contributed by atoms with Gasteiger partial charge in [-0.3, -0.25) is 0 Å². The molecule has 1 N–H and O–H groups in total. The van der Waals surface area contributed by atoms with Gasteiger partial charge in [-0.15, -0.1) is 0 Å². The molecule has 3 heteroatoms. The number of ether oxygens (including phenoxy) is 2. The Hall–Kier alpha value is -2.16. The summed E-state index contributed by atoms with van der Waals surface area (Å²) >= 11 is 0. The van der Waals surface area contributed by atoms with Crippen LogP contribution in [0, 0.1) is 0 Å². The predicted molar refractivity (Wildman–Crippen MR) is 96.4 cm³/mol. The van der Waals surface area contributed by atoms with Crippen molar-refractivity contribution in [1.29, 1.82) is 0 Å². The van der Waals surface area contributed by atoms with Crippen LogP contribution < -0.4 is 14.8 Å². The SMILES string of the molecule is CCCCOc1cccc(CNc2cccc(OCCC)c2)c1. The molecule has 0 saturated heterocycles. The number of rotatable bonds is 10. The van der Waals surface area contributed by atoms with E-state index in [4.69, 9.17) is 9.47 Å². The Morgan fingerprint density at radius 2 is 1.57 bits per heavy atom. The van der Waals surface area contributed by atoms with E-state index < -0.39 is 0 Å². The van der Waals surface area contributed by atoms with Crippen LogP contribution in [0.4, 0.5) is 5.69 Å². The summed E-state index contributed by atoms with van der Waals surface area (Å²) in [5.41, 5.74) is 2.27. The van der Waals surface area contributed by atoms with Gasteiger partial charge < -0.3 is 14.8 Å². The van der Waals surface area contributed by atoms with Crippen LogP contribution in [0.3, 0.4) is 0 Å². The number of nitrogens with one attached hydrogen (secondary N) is 1. The molecular weight excluding hydrogens is 286 g/mol. The number of benzene rings is 2. The summed E-state index contributed by atoms with van der Waals surface area (Å²) in [5, 5.41) is 3.44. The second-order valence-electron chi connectivity index (χ2n) is 5.58. The molecule has 0 amide bonds. The maximum absolute atomic E-state index is 5.75. The van der Waals surface area contributed by atoms with Crippen LogP contribution in [0.15, 0.2) is 48.5 Å². The molecule has 0 radical (unpaired) electrons. The number of anilines is 1. The lowest BCUT2D eigenvalue weighted by molar-refractivity contribution is 0.309. The Bertz CT molecular complexity index is 583. The first-order chi connectivity index (χ1) is 11.3. The molecule has 0 heterocycles. The van der Waals surface area contributed by atoms with E-state index in [1.54, 1.807) is 0 Å². The van der Waals surface area contributed by atoms with Gasteiger partial charge in [0.2, 0.25) is 0 Å². The molecule has 0 spiro atoms. The number of hydrogen-bond acceptors (Lipinski definition) is 3. The number of hydrogen-bond donors (Lipinski definition) is 1. The van der Waals surface area contributed by atoms with Crippen molar-refractivity contribution in [2.75, 3.05) is 18.5 Å². The van der Waals surface area contributed by atoms with Gasteiger partial charge in [0.15, 0.2) is 0 Å². The van der Waals surface area contributed by atoms with E-state index >= 15 is 0 Å². The first kappa shape index (κ1) is 17.2. The van der Waals surface area contributed by atoms with Gasteiger partial charge in [0.05, 0.1) is 13.2 Å². The van der Waals surface area contributed by atoms with E-state index in [1.807, 2.05) is 30.3 Å². The Labute approximate surface area is 139 Å². The fourth-order valence-electron chi connectivity index (χ4n) is 2.20. The smallest absolute Gasteiger partial charge is 0.121 e. The molecule has 0 unspecified atom stereocenters. The third-order valence-corrected chi connectivity index (χ3v) is 3.47. The first-order valence-electron chi connectivity index (χ1n) is 8.50. The predicted octanol–water partition coefficient (Wildman–Crippen LogP) is 5.27. The van der Waals surface area contributed by atoms with Gasteiger partial charge >= 0.3 is 0 Å². The monoisotopic (exact) mass is 313 g/mol. The van der Waals surface area contributed by atoms with Crippen LogP contribution in [-0.2, 0) is 6.54 Å². The van der Waals surface area contributed by atoms with E-state index in [1.165, 1.54) is 5.56 Å². The van der Waals surface area contributed by atoms with Crippen molar-refractivity contribution in [2.24, 2.45) is 0 Å². The molecule has 124 valence electrons. The van der Waals surface area contributed by atoms with Gasteiger partial charge in [0.1, 0.15) is 11.5 Å². The van der Waals surface area contributed by atoms with Crippen molar-refractivity contribution < 1.29 is 9.47 Å². The average Bonchev–Trinajstić information content (AvgIpc) is 2.59. The lowest BCUT2D eigenvalue weighted by atomic mass is 10.2. The molecule has 2 aromatic carbocycles. The minimum Gasteiger partial charge on any atom is -0.494 e. The zero-order chi connectivity index (χ0) is 16.3. The summed E-state index contributed by atoms with van der Waals surface area (Å²) in [6.07, 6.45) is 3.26. The van der Waals surface area contributed by atoms with Crippen LogP contribution >= 0.6 is 0 Å². The van der Waals surface area contributed by atoms with E-state index in [2.05, 4.69) is 37.4 Å². The molecular formula is C20H27NO2. The van der Waals surface area contributed by atoms with E-state index in [9.17, 15) is 0 Å². The molecule has 0 saturated carbocycles. The van der Waals surface area contributed by atoms with Gasteiger partial charge in [-0.2, -0.15) is 0 Å². The second kappa shape index (κ2) is 9.78. The summed E-state index contributed by atoms with van der Waals surface area (Å²) < 4.78 is 11.4. The molecule has 2 rings (SSSR count). The Morgan fingerprint density at radius 3 is 2.35 bits per heavy atom. The summed E-state index contributed by atoms with van der Waals surface area (Å²) in [6, 6.07) is 16.4. The van der Waals surface area contributed by atoms with Gasteiger partial charge in [0, 0.05) is 18.3 Å². The highest BCUT2D eigenvalue weighted by Gasteiger charge is 2.00. The highest BCUT2D eigenvalue weighted by molar-refractivity contribution is 5.48. The molecule has 0 fully saturated rings. The van der Waals surface area contributed by atoms with E-state index in [-0.39, 0.29) is 0 Å². The van der Waals surface area contributed by atoms with Crippen molar-refractivity contribution in [1.82, 2.24) is 0 Å². The van der Waals surface area contributed by atoms with Crippen molar-refractivity contribution >= 4 is 5.69 Å². The summed E-state index contributed by atoms with van der Waals surface area (Å²) in [7, 11) is 0. The van der Waals surface area contributed by atoms with Crippen LogP contribution in [0.2, 0.25) is 0 Å². The van der Waals surface area contributed by atoms with E-state index in [0.29, 0.717) is 0 Å². The van der Waals surface area contributed by atoms with Crippen LogP contribution in [-0.4, -0.2) is 13.2 Å². The normalized spacial score (nSPS) is 10.3. The molecule has 0 aromatic heterocycles. The average molecular weight is 313 g/mol. The number of unbranched alkanes of at least 4 members (excludes halogenated alkanes) is 1. The molecule has 0 atom stereocenters. The minimum atomic E-state index is 0.751. The highest BCUT2D eigenvalue weighted by Crippen LogP contribution is 2.19. The molecule has 0 aliphatic carbocycles. The Balaban J connectivity index is 1.89. The van der Waals surface area contributed by atoms with Crippen molar-refractivity contribution in [3.05, 3.63) is 54.1 Å². The maximum Gasteiger partial charge on any atom is 0.121 e. The maximum atomic E-state index is 5.75. The molecule has 3 nitrogen and oxygen atoms in total. The van der Waals surface area contributed by atoms with Gasteiger partial charge in [-0.05, 0) is 42.7 Å². The minimum absolute atomic E-state index is 0.751. The third kappa shape index (κ3) is 6.23. The van der Waals surface area contributed by atoms with Crippen LogP contribution in [0.5, 0.6) is 11.5 Å². The summed E-state index contributed by atoms with van der Waals surface area (Å²) in [5.74, 6) is 1.85. The zero-order valence-corrected chi connectivity index (χ0v) is 14.2.